The van der Waals surface area contributed by atoms with Crippen molar-refractivity contribution in [2.24, 2.45) is 0 Å². The molecule has 0 bridgehead atoms. The number of nitrogens with one attached hydrogen (secondary N) is 1. The maximum atomic E-state index is 17.1. The van der Waals surface area contributed by atoms with Gasteiger partial charge in [-0.05, 0) is 56.5 Å². The third-order valence-corrected chi connectivity index (χ3v) is 11.4. The third kappa shape index (κ3) is 5.83. The lowest BCUT2D eigenvalue weighted by molar-refractivity contribution is -0.145. The summed E-state index contributed by atoms with van der Waals surface area (Å²) in [4.78, 5) is 25.9. The minimum atomic E-state index is -4.67. The molecule has 0 saturated carbocycles. The molecule has 3 fully saturated rings. The lowest BCUT2D eigenvalue weighted by atomic mass is 9.95. The number of aromatic nitrogens is 5. The first-order valence-electron chi connectivity index (χ1n) is 18.1. The van der Waals surface area contributed by atoms with Gasteiger partial charge in [0.1, 0.15) is 36.1 Å². The summed E-state index contributed by atoms with van der Waals surface area (Å²) in [5, 5.41) is 5.05. The number of piperazine rings is 1. The van der Waals surface area contributed by atoms with Gasteiger partial charge in [-0.15, -0.1) is 6.42 Å². The van der Waals surface area contributed by atoms with Crippen LogP contribution < -0.4 is 19.7 Å². The lowest BCUT2D eigenvalue weighted by Gasteiger charge is -2.36. The number of benzene rings is 2. The van der Waals surface area contributed by atoms with Crippen LogP contribution in [0.5, 0.6) is 11.9 Å². The molecule has 3 saturated heterocycles. The van der Waals surface area contributed by atoms with Crippen molar-refractivity contribution in [1.82, 2.24) is 35.1 Å². The van der Waals surface area contributed by atoms with E-state index in [0.717, 1.165) is 57.9 Å². The molecule has 9 rings (SSSR count). The molecule has 2 unspecified atom stereocenters. The molecule has 7 heterocycles. The van der Waals surface area contributed by atoms with Crippen molar-refractivity contribution in [3.05, 3.63) is 71.3 Å². The zero-order valence-electron chi connectivity index (χ0n) is 29.1. The predicted octanol–water partition coefficient (Wildman–Crippen LogP) is 6.09. The van der Waals surface area contributed by atoms with E-state index in [1.165, 1.54) is 12.1 Å². The van der Waals surface area contributed by atoms with Crippen LogP contribution in [0.1, 0.15) is 49.2 Å². The van der Waals surface area contributed by atoms with Gasteiger partial charge in [-0.25, -0.2) is 18.7 Å². The number of pyridine rings is 1. The van der Waals surface area contributed by atoms with Crippen LogP contribution in [0, 0.1) is 24.0 Å². The number of aryl methyl sites for hydroxylation is 1. The summed E-state index contributed by atoms with van der Waals surface area (Å²) in [5.41, 5.74) is 0.786. The molecule has 4 aliphatic heterocycles. The van der Waals surface area contributed by atoms with Crippen molar-refractivity contribution < 1.29 is 31.4 Å². The minimum Gasteiger partial charge on any atom is -0.476 e. The van der Waals surface area contributed by atoms with E-state index in [1.54, 1.807) is 24.3 Å². The fraction of sp³-hybridized carbons (Fsp3) is 0.410. The highest BCUT2D eigenvalue weighted by Gasteiger charge is 2.50. The summed E-state index contributed by atoms with van der Waals surface area (Å²) in [7, 11) is 0. The number of ether oxygens (including phenoxy) is 2. The number of alkyl halides is 3. The number of hydrogen-bond donors (Lipinski definition) is 1. The normalized spacial score (nSPS) is 22.6. The quantitative estimate of drug-likeness (QED) is 0.156. The Balaban J connectivity index is 1.06. The monoisotopic (exact) mass is 742 g/mol. The van der Waals surface area contributed by atoms with Crippen LogP contribution in [0.4, 0.5) is 27.8 Å². The van der Waals surface area contributed by atoms with Gasteiger partial charge in [0.05, 0.1) is 22.2 Å². The smallest absolute Gasteiger partial charge is 0.451 e. The van der Waals surface area contributed by atoms with E-state index in [2.05, 4.69) is 31.0 Å². The summed E-state index contributed by atoms with van der Waals surface area (Å²) in [6.07, 6.45) is 6.68. The van der Waals surface area contributed by atoms with Gasteiger partial charge in [0.25, 0.3) is 0 Å². The molecule has 3 atom stereocenters. The fourth-order valence-corrected chi connectivity index (χ4v) is 8.86. The van der Waals surface area contributed by atoms with Crippen molar-refractivity contribution in [3.63, 3.8) is 0 Å². The zero-order chi connectivity index (χ0) is 37.2. The third-order valence-electron chi connectivity index (χ3n) is 11.4. The van der Waals surface area contributed by atoms with E-state index >= 15 is 4.39 Å². The molecule has 15 heteroatoms. The number of fused-ring (bicyclic) bond motifs is 4. The van der Waals surface area contributed by atoms with Crippen molar-refractivity contribution in [2.75, 3.05) is 44.3 Å². The number of halogens is 5. The molecule has 5 aromatic rings. The van der Waals surface area contributed by atoms with Crippen LogP contribution >= 0.6 is 0 Å². The van der Waals surface area contributed by atoms with Gasteiger partial charge < -0.3 is 19.7 Å². The zero-order valence-corrected chi connectivity index (χ0v) is 29.1. The Bertz CT molecular complexity index is 2330. The largest absolute Gasteiger partial charge is 0.476 e. The van der Waals surface area contributed by atoms with Crippen LogP contribution in [0.25, 0.3) is 32.9 Å². The summed E-state index contributed by atoms with van der Waals surface area (Å²) >= 11 is 0. The Hall–Kier alpha value is -5.20. The van der Waals surface area contributed by atoms with Crippen molar-refractivity contribution in [1.29, 1.82) is 0 Å². The van der Waals surface area contributed by atoms with Crippen LogP contribution in [0.15, 0.2) is 42.6 Å². The van der Waals surface area contributed by atoms with Gasteiger partial charge in [0.2, 0.25) is 11.7 Å². The standard InChI is InChI=1S/C39H35F5N8O2/c1-2-25-27(40)9-7-22-5-3-6-26(30(22)25)33-32(41)34-31-28(47-33)10-8-23-19-45-16-18-51(23)35(31)50-37(49-34)54-21-38-13-4-17-52(38)24(11-14-38)20-53-29-12-15-46-36(48-29)39(42,43)44/h1,3,5-7,9,12,15,23-24,45H,4,8,10-11,13-14,16-21H2/t23?,24-,38?/m0/s1. The van der Waals surface area contributed by atoms with Crippen molar-refractivity contribution in [2.45, 2.75) is 62.3 Å². The van der Waals surface area contributed by atoms with E-state index in [1.807, 2.05) is 0 Å². The molecule has 0 radical (unpaired) electrons. The highest BCUT2D eigenvalue weighted by molar-refractivity contribution is 6.02. The topological polar surface area (TPSA) is 101 Å². The molecule has 0 amide bonds. The molecule has 278 valence electrons. The van der Waals surface area contributed by atoms with Gasteiger partial charge in [0.15, 0.2) is 5.82 Å². The number of terminal acetylenes is 1. The molecular formula is C39H35F5N8O2. The Morgan fingerprint density at radius 2 is 1.87 bits per heavy atom. The maximum Gasteiger partial charge on any atom is 0.451 e. The van der Waals surface area contributed by atoms with E-state index < -0.39 is 23.6 Å². The molecule has 1 N–H and O–H groups in total. The second-order valence-electron chi connectivity index (χ2n) is 14.4. The highest BCUT2D eigenvalue weighted by Crippen LogP contribution is 2.44. The first-order valence-corrected chi connectivity index (χ1v) is 18.1. The van der Waals surface area contributed by atoms with Gasteiger partial charge in [-0.1, -0.05) is 30.2 Å². The second-order valence-corrected chi connectivity index (χ2v) is 14.4. The van der Waals surface area contributed by atoms with Gasteiger partial charge in [-0.2, -0.15) is 28.1 Å². The maximum absolute atomic E-state index is 17.1. The van der Waals surface area contributed by atoms with Crippen LogP contribution in [0.3, 0.4) is 0 Å². The highest BCUT2D eigenvalue weighted by atomic mass is 19.4. The Labute approximate surface area is 307 Å². The Morgan fingerprint density at radius 3 is 2.72 bits per heavy atom. The van der Waals surface area contributed by atoms with E-state index in [9.17, 15) is 17.6 Å². The van der Waals surface area contributed by atoms with Crippen LogP contribution in [0.2, 0.25) is 0 Å². The fourth-order valence-electron chi connectivity index (χ4n) is 8.86. The number of nitrogens with zero attached hydrogens (tertiary/aromatic N) is 7. The van der Waals surface area contributed by atoms with E-state index in [0.29, 0.717) is 46.2 Å². The van der Waals surface area contributed by atoms with Gasteiger partial charge >= 0.3 is 12.2 Å². The van der Waals surface area contributed by atoms with E-state index in [4.69, 9.17) is 30.8 Å². The summed E-state index contributed by atoms with van der Waals surface area (Å²) in [5.74, 6) is 0.391. The van der Waals surface area contributed by atoms with Crippen molar-refractivity contribution in [3.8, 4) is 35.5 Å². The van der Waals surface area contributed by atoms with Crippen LogP contribution in [-0.4, -0.2) is 86.8 Å². The Morgan fingerprint density at radius 1 is 0.981 bits per heavy atom. The summed E-state index contributed by atoms with van der Waals surface area (Å²) in [6, 6.07) is 9.56. The Kier molecular flexibility index (Phi) is 8.50. The SMILES string of the molecule is C#Cc1c(F)ccc2cccc(-c3nc4c5c(nc(OCC67CCCN6[C@H](COc6ccnc(C(F)(F)F)n6)CC7)nc5c3F)N3CCNCC3CC4)c12. The molecular weight excluding hydrogens is 707 g/mol. The molecule has 4 aliphatic rings. The molecule has 54 heavy (non-hydrogen) atoms. The minimum absolute atomic E-state index is 0.0315. The molecule has 0 spiro atoms. The summed E-state index contributed by atoms with van der Waals surface area (Å²) < 4.78 is 83.9. The van der Waals surface area contributed by atoms with Gasteiger partial charge in [0, 0.05) is 54.9 Å². The molecule has 10 nitrogen and oxygen atoms in total. The van der Waals surface area contributed by atoms with Crippen LogP contribution in [-0.2, 0) is 12.6 Å². The summed E-state index contributed by atoms with van der Waals surface area (Å²) in [6.45, 7) is 3.26. The van der Waals surface area contributed by atoms with E-state index in [-0.39, 0.29) is 59.5 Å². The van der Waals surface area contributed by atoms with Crippen molar-refractivity contribution >= 4 is 27.5 Å². The predicted molar refractivity (Wildman–Crippen MR) is 190 cm³/mol. The lowest BCUT2D eigenvalue weighted by Crippen LogP contribution is -2.51. The van der Waals surface area contributed by atoms with Gasteiger partial charge in [-0.3, -0.25) is 4.90 Å². The first-order chi connectivity index (χ1) is 26.1. The average molecular weight is 743 g/mol. The number of rotatable bonds is 7. The molecule has 2 aromatic carbocycles. The second kappa shape index (κ2) is 13.3. The first kappa shape index (κ1) is 34.6. The number of hydrogen-bond acceptors (Lipinski definition) is 10. The number of anilines is 1. The molecule has 0 aliphatic carbocycles. The average Bonchev–Trinajstić information content (AvgIpc) is 3.70. The molecule has 3 aromatic heterocycles.